The van der Waals surface area contributed by atoms with Gasteiger partial charge in [0, 0.05) is 35.4 Å². The molecule has 1 fully saturated rings. The van der Waals surface area contributed by atoms with Crippen molar-refractivity contribution < 1.29 is 27.3 Å². The number of carboxylic acids is 1. The van der Waals surface area contributed by atoms with E-state index in [0.29, 0.717) is 0 Å². The summed E-state index contributed by atoms with van der Waals surface area (Å²) in [5.74, 6) is -0.569. The Bertz CT molecular complexity index is 675. The number of nitrogens with zero attached hydrogens (tertiary/aromatic N) is 1. The highest BCUT2D eigenvalue weighted by molar-refractivity contribution is 7.89. The lowest BCUT2D eigenvalue weighted by Gasteiger charge is -2.26. The lowest BCUT2D eigenvalue weighted by Crippen LogP contribution is -2.41. The van der Waals surface area contributed by atoms with E-state index in [9.17, 15) is 17.4 Å². The quantitative estimate of drug-likeness (QED) is 0.841. The van der Waals surface area contributed by atoms with Crippen LogP contribution in [0.3, 0.4) is 0 Å². The Morgan fingerprint density at radius 3 is 2.48 bits per heavy atom. The normalized spacial score (nSPS) is 17.6. The minimum atomic E-state index is -3.87. The summed E-state index contributed by atoms with van der Waals surface area (Å²) in [6.45, 7) is 0.296. The van der Waals surface area contributed by atoms with Crippen molar-refractivity contribution in [3.63, 3.8) is 0 Å². The molecule has 0 atom stereocenters. The van der Waals surface area contributed by atoms with Gasteiger partial charge >= 0.3 is 5.97 Å². The molecule has 1 heterocycles. The van der Waals surface area contributed by atoms with Crippen molar-refractivity contribution in [2.75, 3.05) is 31.7 Å². The Kier molecular flexibility index (Phi) is 4.64. The molecule has 0 aliphatic carbocycles. The number of methoxy groups -OCH3 is 1. The monoisotopic (exact) mass is 333 g/mol. The van der Waals surface area contributed by atoms with E-state index in [1.165, 1.54) is 23.5 Å². The minimum Gasteiger partial charge on any atom is -0.495 e. The van der Waals surface area contributed by atoms with Gasteiger partial charge in [0.2, 0.25) is 10.0 Å². The molecule has 1 aromatic rings. The van der Waals surface area contributed by atoms with Crippen LogP contribution in [0.25, 0.3) is 0 Å². The number of ether oxygens (including phenoxy) is 1. The number of benzene rings is 1. The lowest BCUT2D eigenvalue weighted by atomic mass is 10.2. The SMILES string of the molecule is COc1ccc(C(=O)O)cc1S(=O)(=O)N1CCS(=O)CC1. The minimum absolute atomic E-state index is 0.0895. The predicted octanol–water partition coefficient (Wildman–Crippen LogP) is 0.146. The molecule has 1 aromatic carbocycles. The van der Waals surface area contributed by atoms with Crippen molar-refractivity contribution in [3.8, 4) is 5.75 Å². The van der Waals surface area contributed by atoms with Crippen LogP contribution in [0.2, 0.25) is 0 Å². The highest BCUT2D eigenvalue weighted by Gasteiger charge is 2.31. The van der Waals surface area contributed by atoms with Crippen LogP contribution >= 0.6 is 0 Å². The van der Waals surface area contributed by atoms with Gasteiger partial charge in [-0.25, -0.2) is 13.2 Å². The molecule has 0 aromatic heterocycles. The number of sulfonamides is 1. The van der Waals surface area contributed by atoms with E-state index in [0.717, 1.165) is 6.07 Å². The Hall–Kier alpha value is -1.45. The zero-order chi connectivity index (χ0) is 15.6. The van der Waals surface area contributed by atoms with E-state index in [4.69, 9.17) is 9.84 Å². The van der Waals surface area contributed by atoms with E-state index < -0.39 is 26.8 Å². The number of aromatic carboxylic acids is 1. The van der Waals surface area contributed by atoms with Crippen molar-refractivity contribution in [1.29, 1.82) is 0 Å². The Morgan fingerprint density at radius 1 is 1.33 bits per heavy atom. The molecular formula is C12H15NO6S2. The molecule has 2 rings (SSSR count). The summed E-state index contributed by atoms with van der Waals surface area (Å²) in [5, 5.41) is 8.99. The average molecular weight is 333 g/mol. The zero-order valence-electron chi connectivity index (χ0n) is 11.3. The van der Waals surface area contributed by atoms with Crippen LogP contribution < -0.4 is 4.74 Å². The van der Waals surface area contributed by atoms with Crippen LogP contribution in [0.4, 0.5) is 0 Å². The molecule has 0 unspecified atom stereocenters. The number of carboxylic acid groups (broad SMARTS) is 1. The molecule has 1 saturated heterocycles. The van der Waals surface area contributed by atoms with Crippen molar-refractivity contribution in [2.24, 2.45) is 0 Å². The third kappa shape index (κ3) is 3.25. The summed E-state index contributed by atoms with van der Waals surface area (Å²) in [5.41, 5.74) is -0.130. The fraction of sp³-hybridized carbons (Fsp3) is 0.417. The Labute approximate surface area is 125 Å². The summed E-state index contributed by atoms with van der Waals surface area (Å²) in [6.07, 6.45) is 0. The van der Waals surface area contributed by atoms with Gasteiger partial charge in [0.1, 0.15) is 10.6 Å². The van der Waals surface area contributed by atoms with E-state index >= 15 is 0 Å². The van der Waals surface area contributed by atoms with E-state index in [1.54, 1.807) is 0 Å². The van der Waals surface area contributed by atoms with Crippen LogP contribution in [-0.4, -0.2) is 59.7 Å². The standard InChI is InChI=1S/C12H15NO6S2/c1-19-10-3-2-9(12(14)15)8-11(10)21(17,18)13-4-6-20(16)7-5-13/h2-3,8H,4-7H2,1H3,(H,14,15). The average Bonchev–Trinajstić information content (AvgIpc) is 2.46. The molecule has 116 valence electrons. The molecule has 1 N–H and O–H groups in total. The highest BCUT2D eigenvalue weighted by Crippen LogP contribution is 2.28. The van der Waals surface area contributed by atoms with Gasteiger partial charge in [-0.1, -0.05) is 0 Å². The molecule has 7 nitrogen and oxygen atoms in total. The second kappa shape index (κ2) is 6.12. The molecule has 21 heavy (non-hydrogen) atoms. The molecular weight excluding hydrogens is 318 g/mol. The molecule has 0 spiro atoms. The maximum absolute atomic E-state index is 12.6. The second-order valence-corrected chi connectivity index (χ2v) is 8.03. The van der Waals surface area contributed by atoms with Gasteiger partial charge < -0.3 is 9.84 Å². The van der Waals surface area contributed by atoms with Crippen molar-refractivity contribution in [1.82, 2.24) is 4.31 Å². The molecule has 9 heteroatoms. The van der Waals surface area contributed by atoms with Gasteiger partial charge in [-0.05, 0) is 18.2 Å². The van der Waals surface area contributed by atoms with Crippen LogP contribution in [0, 0.1) is 0 Å². The highest BCUT2D eigenvalue weighted by atomic mass is 32.2. The summed E-state index contributed by atoms with van der Waals surface area (Å²) < 4.78 is 42.8. The van der Waals surface area contributed by atoms with Gasteiger partial charge in [0.05, 0.1) is 12.7 Å². The Balaban J connectivity index is 2.45. The van der Waals surface area contributed by atoms with Gasteiger partial charge in [-0.2, -0.15) is 4.31 Å². The first-order valence-electron chi connectivity index (χ1n) is 6.12. The van der Waals surface area contributed by atoms with Crippen LogP contribution in [-0.2, 0) is 20.8 Å². The molecule has 0 amide bonds. The molecule has 0 radical (unpaired) electrons. The smallest absolute Gasteiger partial charge is 0.335 e. The van der Waals surface area contributed by atoms with Gasteiger partial charge in [0.25, 0.3) is 0 Å². The zero-order valence-corrected chi connectivity index (χ0v) is 12.9. The molecule has 1 aliphatic heterocycles. The summed E-state index contributed by atoms with van der Waals surface area (Å²) >= 11 is 0. The predicted molar refractivity (Wildman–Crippen MR) is 76.6 cm³/mol. The maximum atomic E-state index is 12.6. The lowest BCUT2D eigenvalue weighted by molar-refractivity contribution is 0.0696. The second-order valence-electron chi connectivity index (χ2n) is 4.42. The van der Waals surface area contributed by atoms with E-state index in [-0.39, 0.29) is 40.8 Å². The summed E-state index contributed by atoms with van der Waals surface area (Å²) in [6, 6.07) is 3.69. The third-order valence-electron chi connectivity index (χ3n) is 3.17. The molecule has 0 bridgehead atoms. The summed E-state index contributed by atoms with van der Waals surface area (Å²) in [7, 11) is -3.56. The molecule has 1 aliphatic rings. The van der Waals surface area contributed by atoms with E-state index in [2.05, 4.69) is 0 Å². The topological polar surface area (TPSA) is 101 Å². The number of carbonyl (C=O) groups is 1. The summed E-state index contributed by atoms with van der Waals surface area (Å²) in [4.78, 5) is 10.8. The van der Waals surface area contributed by atoms with Gasteiger partial charge in [-0.15, -0.1) is 0 Å². The third-order valence-corrected chi connectivity index (χ3v) is 6.36. The van der Waals surface area contributed by atoms with Gasteiger partial charge in [0.15, 0.2) is 0 Å². The van der Waals surface area contributed by atoms with Crippen LogP contribution in [0.15, 0.2) is 23.1 Å². The van der Waals surface area contributed by atoms with Crippen molar-refractivity contribution in [2.45, 2.75) is 4.90 Å². The number of hydrogen-bond acceptors (Lipinski definition) is 5. The Morgan fingerprint density at radius 2 is 1.95 bits per heavy atom. The first kappa shape index (κ1) is 15.9. The van der Waals surface area contributed by atoms with Crippen molar-refractivity contribution >= 4 is 26.8 Å². The number of hydrogen-bond donors (Lipinski definition) is 1. The van der Waals surface area contributed by atoms with Crippen LogP contribution in [0.5, 0.6) is 5.75 Å². The van der Waals surface area contributed by atoms with E-state index in [1.807, 2.05) is 0 Å². The maximum Gasteiger partial charge on any atom is 0.335 e. The van der Waals surface area contributed by atoms with Gasteiger partial charge in [-0.3, -0.25) is 4.21 Å². The largest absolute Gasteiger partial charge is 0.495 e. The first-order valence-corrected chi connectivity index (χ1v) is 9.05. The first-order chi connectivity index (χ1) is 9.86. The van der Waals surface area contributed by atoms with Crippen molar-refractivity contribution in [3.05, 3.63) is 23.8 Å². The fourth-order valence-corrected chi connectivity index (χ4v) is 4.92. The molecule has 0 saturated carbocycles. The number of rotatable bonds is 4. The fourth-order valence-electron chi connectivity index (χ4n) is 2.01. The van der Waals surface area contributed by atoms with Crippen LogP contribution in [0.1, 0.15) is 10.4 Å².